The third-order valence-electron chi connectivity index (χ3n) is 2.17. The molecule has 1 saturated heterocycles. The lowest BCUT2D eigenvalue weighted by molar-refractivity contribution is -0.152. The van der Waals surface area contributed by atoms with Gasteiger partial charge in [-0.15, -0.1) is 0 Å². The fourth-order valence-electron chi connectivity index (χ4n) is 1.73. The number of hydrogen-bond acceptors (Lipinski definition) is 4. The summed E-state index contributed by atoms with van der Waals surface area (Å²) in [7, 11) is 0. The van der Waals surface area contributed by atoms with Crippen LogP contribution in [0.1, 0.15) is 34.1 Å². The van der Waals surface area contributed by atoms with Gasteiger partial charge in [-0.1, -0.05) is 0 Å². The van der Waals surface area contributed by atoms with Crippen LogP contribution in [0, 0.1) is 0 Å². The quantitative estimate of drug-likeness (QED) is 0.709. The highest BCUT2D eigenvalue weighted by Gasteiger charge is 2.42. The Morgan fingerprint density at radius 3 is 2.14 bits per heavy atom. The molecule has 2 N–H and O–H groups in total. The second-order valence-corrected chi connectivity index (χ2v) is 4.91. The molecule has 84 valence electrons. The van der Waals surface area contributed by atoms with E-state index < -0.39 is 11.4 Å². The summed E-state index contributed by atoms with van der Waals surface area (Å²) in [5, 5.41) is 18.7. The summed E-state index contributed by atoms with van der Waals surface area (Å²) in [6.45, 7) is 6.97. The van der Waals surface area contributed by atoms with Crippen LogP contribution in [0.25, 0.3) is 0 Å². The van der Waals surface area contributed by atoms with Crippen molar-refractivity contribution in [2.24, 2.45) is 0 Å². The first-order valence-corrected chi connectivity index (χ1v) is 4.92. The Bertz CT molecular complexity index is 195. The Morgan fingerprint density at radius 2 is 1.71 bits per heavy atom. The van der Waals surface area contributed by atoms with Crippen LogP contribution in [-0.4, -0.2) is 40.4 Å². The van der Waals surface area contributed by atoms with Gasteiger partial charge in [-0.3, -0.25) is 0 Å². The SMILES string of the molecule is CC(C)(O)C[C@H]1OC(C)(C)O[C@H]1CO. The molecule has 1 aliphatic rings. The zero-order valence-electron chi connectivity index (χ0n) is 9.28. The van der Waals surface area contributed by atoms with Gasteiger partial charge < -0.3 is 19.7 Å². The molecule has 0 bridgehead atoms. The third kappa shape index (κ3) is 3.20. The largest absolute Gasteiger partial charge is 0.394 e. The van der Waals surface area contributed by atoms with Gasteiger partial charge in [-0.05, 0) is 27.7 Å². The summed E-state index contributed by atoms with van der Waals surface area (Å²) in [5.41, 5.74) is -0.804. The summed E-state index contributed by atoms with van der Waals surface area (Å²) in [6.07, 6.45) is -0.117. The van der Waals surface area contributed by atoms with E-state index in [9.17, 15) is 5.11 Å². The van der Waals surface area contributed by atoms with Crippen molar-refractivity contribution < 1.29 is 19.7 Å². The van der Waals surface area contributed by atoms with E-state index in [4.69, 9.17) is 14.6 Å². The van der Waals surface area contributed by atoms with Gasteiger partial charge in [0.1, 0.15) is 6.10 Å². The Hall–Kier alpha value is -0.160. The van der Waals surface area contributed by atoms with Gasteiger partial charge in [-0.2, -0.15) is 0 Å². The van der Waals surface area contributed by atoms with Gasteiger partial charge in [0.2, 0.25) is 0 Å². The Balaban J connectivity index is 2.60. The van der Waals surface area contributed by atoms with Crippen LogP contribution in [0.2, 0.25) is 0 Å². The number of hydrogen-bond donors (Lipinski definition) is 2. The number of rotatable bonds is 3. The van der Waals surface area contributed by atoms with Gasteiger partial charge in [-0.25, -0.2) is 0 Å². The summed E-state index contributed by atoms with van der Waals surface area (Å²) in [5.74, 6) is -0.663. The molecule has 1 aliphatic heterocycles. The zero-order chi connectivity index (χ0) is 11.0. The molecule has 4 nitrogen and oxygen atoms in total. The fraction of sp³-hybridized carbons (Fsp3) is 1.00. The Morgan fingerprint density at radius 1 is 1.21 bits per heavy atom. The highest BCUT2D eigenvalue weighted by molar-refractivity contribution is 4.85. The Labute approximate surface area is 84.8 Å². The minimum absolute atomic E-state index is 0.0792. The van der Waals surface area contributed by atoms with Gasteiger partial charge in [0, 0.05) is 6.42 Å². The van der Waals surface area contributed by atoms with Crippen molar-refractivity contribution >= 4 is 0 Å². The van der Waals surface area contributed by atoms with Crippen LogP contribution >= 0.6 is 0 Å². The van der Waals surface area contributed by atoms with Crippen molar-refractivity contribution in [1.29, 1.82) is 0 Å². The minimum atomic E-state index is -0.804. The number of aliphatic hydroxyl groups is 2. The maximum Gasteiger partial charge on any atom is 0.163 e. The molecule has 4 heteroatoms. The highest BCUT2D eigenvalue weighted by Crippen LogP contribution is 2.32. The van der Waals surface area contributed by atoms with Crippen LogP contribution in [0.3, 0.4) is 0 Å². The van der Waals surface area contributed by atoms with Crippen molar-refractivity contribution in [1.82, 2.24) is 0 Å². The third-order valence-corrected chi connectivity index (χ3v) is 2.17. The van der Waals surface area contributed by atoms with Crippen LogP contribution < -0.4 is 0 Å². The summed E-state index contributed by atoms with van der Waals surface area (Å²) in [4.78, 5) is 0. The van der Waals surface area contributed by atoms with Crippen LogP contribution in [0.5, 0.6) is 0 Å². The molecular formula is C10H20O4. The minimum Gasteiger partial charge on any atom is -0.394 e. The van der Waals surface area contributed by atoms with E-state index in [1.807, 2.05) is 0 Å². The lowest BCUT2D eigenvalue weighted by Crippen LogP contribution is -2.34. The van der Waals surface area contributed by atoms with Crippen molar-refractivity contribution in [2.75, 3.05) is 6.61 Å². The standard InChI is InChI=1S/C10H20O4/c1-9(2,12)5-7-8(6-11)14-10(3,4)13-7/h7-8,11-12H,5-6H2,1-4H3/t7-,8+/m1/s1. The lowest BCUT2D eigenvalue weighted by atomic mass is 9.98. The van der Waals surface area contributed by atoms with E-state index in [1.165, 1.54) is 0 Å². The molecule has 0 aromatic carbocycles. The molecule has 14 heavy (non-hydrogen) atoms. The molecule has 1 rings (SSSR count). The molecule has 0 aromatic heterocycles. The van der Waals surface area contributed by atoms with Crippen molar-refractivity contribution in [3.8, 4) is 0 Å². The highest BCUT2D eigenvalue weighted by atomic mass is 16.8. The molecule has 0 unspecified atom stereocenters. The van der Waals surface area contributed by atoms with Gasteiger partial charge >= 0.3 is 0 Å². The molecule has 1 fully saturated rings. The first kappa shape index (κ1) is 11.9. The first-order chi connectivity index (χ1) is 6.23. The average Bonchev–Trinajstić information content (AvgIpc) is 2.21. The van der Waals surface area contributed by atoms with E-state index in [-0.39, 0.29) is 18.8 Å². The molecular weight excluding hydrogens is 184 g/mol. The molecule has 0 aliphatic carbocycles. The second kappa shape index (κ2) is 3.77. The van der Waals surface area contributed by atoms with Crippen molar-refractivity contribution in [3.63, 3.8) is 0 Å². The predicted molar refractivity (Wildman–Crippen MR) is 51.8 cm³/mol. The van der Waals surface area contributed by atoms with Gasteiger partial charge in [0.15, 0.2) is 5.79 Å². The maximum atomic E-state index is 9.64. The molecule has 0 spiro atoms. The molecule has 1 heterocycles. The molecule has 0 amide bonds. The number of ether oxygens (including phenoxy) is 2. The van der Waals surface area contributed by atoms with Crippen LogP contribution in [0.4, 0.5) is 0 Å². The fourth-order valence-corrected chi connectivity index (χ4v) is 1.73. The van der Waals surface area contributed by atoms with Gasteiger partial charge in [0.05, 0.1) is 18.3 Å². The summed E-state index contributed by atoms with van der Waals surface area (Å²) >= 11 is 0. The predicted octanol–water partition coefficient (Wildman–Crippen LogP) is 0.660. The molecule has 0 aromatic rings. The topological polar surface area (TPSA) is 58.9 Å². The van der Waals surface area contributed by atoms with E-state index in [1.54, 1.807) is 27.7 Å². The zero-order valence-corrected chi connectivity index (χ0v) is 9.28. The molecule has 0 radical (unpaired) electrons. The number of aliphatic hydroxyl groups excluding tert-OH is 1. The average molecular weight is 204 g/mol. The normalized spacial score (nSPS) is 32.1. The Kier molecular flexibility index (Phi) is 3.21. The van der Waals surface area contributed by atoms with Crippen LogP contribution in [0.15, 0.2) is 0 Å². The summed E-state index contributed by atoms with van der Waals surface area (Å²) in [6, 6.07) is 0. The van der Waals surface area contributed by atoms with E-state index in [0.717, 1.165) is 0 Å². The lowest BCUT2D eigenvalue weighted by Gasteiger charge is -2.23. The van der Waals surface area contributed by atoms with Gasteiger partial charge in [0.25, 0.3) is 0 Å². The first-order valence-electron chi connectivity index (χ1n) is 4.92. The molecule has 0 saturated carbocycles. The van der Waals surface area contributed by atoms with Crippen molar-refractivity contribution in [3.05, 3.63) is 0 Å². The maximum absolute atomic E-state index is 9.64. The second-order valence-electron chi connectivity index (χ2n) is 4.91. The van der Waals surface area contributed by atoms with E-state index >= 15 is 0 Å². The van der Waals surface area contributed by atoms with E-state index in [0.29, 0.717) is 6.42 Å². The molecule has 2 atom stereocenters. The van der Waals surface area contributed by atoms with Crippen molar-refractivity contribution in [2.45, 2.75) is 57.7 Å². The smallest absolute Gasteiger partial charge is 0.163 e. The summed E-state index contributed by atoms with van der Waals surface area (Å²) < 4.78 is 11.1. The monoisotopic (exact) mass is 204 g/mol. The van der Waals surface area contributed by atoms with Crippen LogP contribution in [-0.2, 0) is 9.47 Å². The van der Waals surface area contributed by atoms with E-state index in [2.05, 4.69) is 0 Å².